The van der Waals surface area contributed by atoms with Gasteiger partial charge in [0.1, 0.15) is 0 Å². The number of piperidine rings is 1. The molecule has 1 aromatic heterocycles. The molecule has 0 spiro atoms. The Labute approximate surface area is 115 Å². The number of hydrogen-bond donors (Lipinski definition) is 1. The molecule has 1 atom stereocenters. The zero-order valence-corrected chi connectivity index (χ0v) is 12.5. The Balaban J connectivity index is 1.93. The second-order valence-corrected chi connectivity index (χ2v) is 6.20. The van der Waals surface area contributed by atoms with E-state index in [0.29, 0.717) is 6.04 Å². The minimum atomic E-state index is 0.575. The lowest BCUT2D eigenvalue weighted by molar-refractivity contribution is 0.161. The molecule has 0 bridgehead atoms. The zero-order valence-electron chi connectivity index (χ0n) is 11.7. The average Bonchev–Trinajstić information content (AvgIpc) is 2.92. The number of hydrogen-bond acceptors (Lipinski definition) is 3. The molecule has 3 heteroatoms. The van der Waals surface area contributed by atoms with Gasteiger partial charge in [-0.3, -0.25) is 4.90 Å². The summed E-state index contributed by atoms with van der Waals surface area (Å²) in [5.41, 5.74) is 1.49. The number of thiophene rings is 1. The molecule has 0 aliphatic carbocycles. The van der Waals surface area contributed by atoms with E-state index < -0.39 is 0 Å². The van der Waals surface area contributed by atoms with Crippen LogP contribution in [0.15, 0.2) is 16.8 Å². The van der Waals surface area contributed by atoms with Crippen LogP contribution in [0.5, 0.6) is 0 Å². The van der Waals surface area contributed by atoms with Gasteiger partial charge in [0, 0.05) is 12.6 Å². The van der Waals surface area contributed by atoms with Crippen molar-refractivity contribution in [2.45, 2.75) is 39.2 Å². The van der Waals surface area contributed by atoms with E-state index in [9.17, 15) is 0 Å². The van der Waals surface area contributed by atoms with E-state index in [2.05, 4.69) is 40.9 Å². The summed E-state index contributed by atoms with van der Waals surface area (Å²) in [6.07, 6.45) is 3.94. The van der Waals surface area contributed by atoms with Crippen LogP contribution < -0.4 is 5.32 Å². The molecule has 1 aromatic rings. The van der Waals surface area contributed by atoms with Gasteiger partial charge in [-0.25, -0.2) is 0 Å². The molecule has 2 rings (SSSR count). The van der Waals surface area contributed by atoms with Gasteiger partial charge in [0.15, 0.2) is 0 Å². The Morgan fingerprint density at radius 2 is 2.22 bits per heavy atom. The summed E-state index contributed by atoms with van der Waals surface area (Å²) in [5, 5.41) is 7.96. The third kappa shape index (κ3) is 3.81. The molecular formula is C15H26N2S. The van der Waals surface area contributed by atoms with Crippen molar-refractivity contribution in [1.82, 2.24) is 10.2 Å². The molecule has 1 saturated heterocycles. The summed E-state index contributed by atoms with van der Waals surface area (Å²) in [6, 6.07) is 2.85. The fourth-order valence-electron chi connectivity index (χ4n) is 2.85. The van der Waals surface area contributed by atoms with Gasteiger partial charge < -0.3 is 5.32 Å². The van der Waals surface area contributed by atoms with Crippen LogP contribution in [0.3, 0.4) is 0 Å². The highest BCUT2D eigenvalue weighted by Crippen LogP contribution is 2.25. The SMILES string of the molecule is CCCN(CC1CCNCC1)C(C)c1ccsc1. The molecule has 1 aliphatic rings. The number of nitrogens with zero attached hydrogens (tertiary/aromatic N) is 1. The molecule has 1 fully saturated rings. The molecule has 2 nitrogen and oxygen atoms in total. The van der Waals surface area contributed by atoms with Crippen molar-refractivity contribution in [1.29, 1.82) is 0 Å². The Morgan fingerprint density at radius 3 is 2.83 bits per heavy atom. The van der Waals surface area contributed by atoms with Gasteiger partial charge in [0.05, 0.1) is 0 Å². The van der Waals surface area contributed by atoms with Crippen LogP contribution in [0.4, 0.5) is 0 Å². The van der Waals surface area contributed by atoms with Crippen molar-refractivity contribution in [3.63, 3.8) is 0 Å². The summed E-state index contributed by atoms with van der Waals surface area (Å²) in [5.74, 6) is 0.888. The normalized spacial score (nSPS) is 19.3. The van der Waals surface area contributed by atoms with Crippen LogP contribution in [-0.4, -0.2) is 31.1 Å². The first-order valence-electron chi connectivity index (χ1n) is 7.28. The molecule has 1 N–H and O–H groups in total. The molecule has 2 heterocycles. The largest absolute Gasteiger partial charge is 0.317 e. The Hall–Kier alpha value is -0.380. The van der Waals surface area contributed by atoms with Gasteiger partial charge >= 0.3 is 0 Å². The minimum Gasteiger partial charge on any atom is -0.317 e. The molecule has 0 radical (unpaired) electrons. The monoisotopic (exact) mass is 266 g/mol. The van der Waals surface area contributed by atoms with Gasteiger partial charge in [-0.05, 0) is 74.1 Å². The highest BCUT2D eigenvalue weighted by molar-refractivity contribution is 7.07. The van der Waals surface area contributed by atoms with E-state index in [1.54, 1.807) is 0 Å². The lowest BCUT2D eigenvalue weighted by atomic mass is 9.96. The molecule has 18 heavy (non-hydrogen) atoms. The standard InChI is InChI=1S/C15H26N2S/c1-3-9-17(11-14-4-7-16-8-5-14)13(2)15-6-10-18-12-15/h6,10,12-14,16H,3-5,7-9,11H2,1-2H3. The summed E-state index contributed by atoms with van der Waals surface area (Å²) in [7, 11) is 0. The van der Waals surface area contributed by atoms with Gasteiger partial charge in [0.25, 0.3) is 0 Å². The van der Waals surface area contributed by atoms with Crippen molar-refractivity contribution < 1.29 is 0 Å². The highest BCUT2D eigenvalue weighted by atomic mass is 32.1. The molecule has 0 aromatic carbocycles. The maximum Gasteiger partial charge on any atom is 0.0328 e. The van der Waals surface area contributed by atoms with Crippen molar-refractivity contribution in [2.24, 2.45) is 5.92 Å². The third-order valence-corrected chi connectivity index (χ3v) is 4.74. The van der Waals surface area contributed by atoms with E-state index in [0.717, 1.165) is 5.92 Å². The van der Waals surface area contributed by atoms with Gasteiger partial charge in [-0.2, -0.15) is 11.3 Å². The molecule has 102 valence electrons. The fourth-order valence-corrected chi connectivity index (χ4v) is 3.60. The third-order valence-electron chi connectivity index (χ3n) is 4.04. The second-order valence-electron chi connectivity index (χ2n) is 5.42. The molecule has 0 saturated carbocycles. The Bertz CT molecular complexity index is 317. The molecule has 1 aliphatic heterocycles. The topological polar surface area (TPSA) is 15.3 Å². The summed E-state index contributed by atoms with van der Waals surface area (Å²) >= 11 is 1.81. The lowest BCUT2D eigenvalue weighted by Gasteiger charge is -2.34. The summed E-state index contributed by atoms with van der Waals surface area (Å²) in [6.45, 7) is 9.55. The summed E-state index contributed by atoms with van der Waals surface area (Å²) in [4.78, 5) is 2.68. The van der Waals surface area contributed by atoms with Crippen LogP contribution in [0.1, 0.15) is 44.7 Å². The first-order valence-corrected chi connectivity index (χ1v) is 8.22. The van der Waals surface area contributed by atoms with E-state index in [1.807, 2.05) is 11.3 Å². The number of rotatable bonds is 6. The lowest BCUT2D eigenvalue weighted by Crippen LogP contribution is -2.37. The maximum atomic E-state index is 3.46. The average molecular weight is 266 g/mol. The van der Waals surface area contributed by atoms with E-state index in [1.165, 1.54) is 51.0 Å². The van der Waals surface area contributed by atoms with E-state index >= 15 is 0 Å². The highest BCUT2D eigenvalue weighted by Gasteiger charge is 2.21. The van der Waals surface area contributed by atoms with E-state index in [4.69, 9.17) is 0 Å². The van der Waals surface area contributed by atoms with Crippen molar-refractivity contribution in [3.05, 3.63) is 22.4 Å². The van der Waals surface area contributed by atoms with E-state index in [-0.39, 0.29) is 0 Å². The first-order chi connectivity index (χ1) is 8.81. The van der Waals surface area contributed by atoms with Crippen molar-refractivity contribution >= 4 is 11.3 Å². The van der Waals surface area contributed by atoms with Gasteiger partial charge in [0.2, 0.25) is 0 Å². The predicted molar refractivity (Wildman–Crippen MR) is 80.2 cm³/mol. The van der Waals surface area contributed by atoms with Gasteiger partial charge in [-0.1, -0.05) is 6.92 Å². The van der Waals surface area contributed by atoms with Crippen LogP contribution in [0.25, 0.3) is 0 Å². The summed E-state index contributed by atoms with van der Waals surface area (Å²) < 4.78 is 0. The Kier molecular flexibility index (Phi) is 5.67. The minimum absolute atomic E-state index is 0.575. The Morgan fingerprint density at radius 1 is 1.44 bits per heavy atom. The zero-order chi connectivity index (χ0) is 12.8. The quantitative estimate of drug-likeness (QED) is 0.847. The molecule has 0 amide bonds. The smallest absolute Gasteiger partial charge is 0.0328 e. The van der Waals surface area contributed by atoms with Crippen LogP contribution >= 0.6 is 11.3 Å². The van der Waals surface area contributed by atoms with Crippen molar-refractivity contribution in [2.75, 3.05) is 26.2 Å². The van der Waals surface area contributed by atoms with Crippen LogP contribution in [-0.2, 0) is 0 Å². The number of nitrogens with one attached hydrogen (secondary N) is 1. The van der Waals surface area contributed by atoms with Gasteiger partial charge in [-0.15, -0.1) is 0 Å². The molecule has 1 unspecified atom stereocenters. The fraction of sp³-hybridized carbons (Fsp3) is 0.733. The first kappa shape index (κ1) is 14.0. The predicted octanol–water partition coefficient (Wildman–Crippen LogP) is 3.52. The van der Waals surface area contributed by atoms with Crippen LogP contribution in [0.2, 0.25) is 0 Å². The van der Waals surface area contributed by atoms with Crippen LogP contribution in [0, 0.1) is 5.92 Å². The second kappa shape index (κ2) is 7.27. The van der Waals surface area contributed by atoms with Crippen molar-refractivity contribution in [3.8, 4) is 0 Å². The molecular weight excluding hydrogens is 240 g/mol. The maximum absolute atomic E-state index is 3.46.